The van der Waals surface area contributed by atoms with Crippen molar-refractivity contribution in [3.8, 4) is 5.75 Å². The van der Waals surface area contributed by atoms with Gasteiger partial charge in [-0.3, -0.25) is 14.5 Å². The first kappa shape index (κ1) is 25.9. The molecule has 0 saturated carbocycles. The van der Waals surface area contributed by atoms with Crippen molar-refractivity contribution in [1.29, 1.82) is 0 Å². The summed E-state index contributed by atoms with van der Waals surface area (Å²) in [7, 11) is 3.90. The number of ether oxygens (including phenoxy) is 1. The molecule has 2 aromatic carbocycles. The quantitative estimate of drug-likeness (QED) is 0.458. The first-order valence-corrected chi connectivity index (χ1v) is 11.7. The van der Waals surface area contributed by atoms with Gasteiger partial charge in [0.15, 0.2) is 5.13 Å². The van der Waals surface area contributed by atoms with Gasteiger partial charge in [0.05, 0.1) is 22.7 Å². The molecule has 182 valence electrons. The Hall–Kier alpha value is -2.75. The van der Waals surface area contributed by atoms with Gasteiger partial charge in [-0.25, -0.2) is 9.37 Å². The summed E-state index contributed by atoms with van der Waals surface area (Å²) in [5, 5.41) is 0.609. The van der Waals surface area contributed by atoms with Gasteiger partial charge >= 0.3 is 0 Å². The Kier molecular flexibility index (Phi) is 8.46. The molecule has 2 heterocycles. The zero-order valence-electron chi connectivity index (χ0n) is 19.4. The average molecular weight is 507 g/mol. The fourth-order valence-electron chi connectivity index (χ4n) is 3.83. The molecular weight excluding hydrogens is 479 g/mol. The maximum atomic E-state index is 13.6. The van der Waals surface area contributed by atoms with Crippen LogP contribution in [-0.2, 0) is 9.59 Å². The molecule has 3 aromatic rings. The van der Waals surface area contributed by atoms with Gasteiger partial charge in [-0.05, 0) is 63.5 Å². The Morgan fingerprint density at radius 1 is 1.21 bits per heavy atom. The van der Waals surface area contributed by atoms with Crippen molar-refractivity contribution < 1.29 is 18.7 Å². The van der Waals surface area contributed by atoms with Crippen LogP contribution in [0, 0.1) is 11.7 Å². The van der Waals surface area contributed by atoms with Crippen LogP contribution in [0.15, 0.2) is 42.5 Å². The van der Waals surface area contributed by atoms with E-state index in [1.807, 2.05) is 44.1 Å². The van der Waals surface area contributed by atoms with Crippen LogP contribution in [0.1, 0.15) is 13.3 Å². The molecule has 0 bridgehead atoms. The predicted molar refractivity (Wildman–Crippen MR) is 136 cm³/mol. The lowest BCUT2D eigenvalue weighted by Gasteiger charge is -2.24. The zero-order valence-corrected chi connectivity index (χ0v) is 21.0. The number of likely N-dealkylation sites (N-methyl/N-ethyl adjacent to an activating group) is 1. The number of rotatable bonds is 8. The number of amides is 2. The molecular formula is C24H28ClFN4O3S. The molecule has 0 spiro atoms. The molecule has 0 N–H and O–H groups in total. The summed E-state index contributed by atoms with van der Waals surface area (Å²) in [6.07, 6.45) is 0.119. The van der Waals surface area contributed by atoms with E-state index in [2.05, 4.69) is 0 Å². The molecule has 10 heteroatoms. The van der Waals surface area contributed by atoms with Crippen LogP contribution >= 0.6 is 23.7 Å². The van der Waals surface area contributed by atoms with E-state index in [0.29, 0.717) is 30.5 Å². The van der Waals surface area contributed by atoms with E-state index in [-0.39, 0.29) is 43.0 Å². The summed E-state index contributed by atoms with van der Waals surface area (Å²) in [6.45, 7) is 3.90. The van der Waals surface area contributed by atoms with Gasteiger partial charge in [0.25, 0.3) is 0 Å². The highest BCUT2D eigenvalue weighted by Gasteiger charge is 2.38. The number of fused-ring (bicyclic) bond motifs is 1. The second-order valence-electron chi connectivity index (χ2n) is 8.23. The summed E-state index contributed by atoms with van der Waals surface area (Å²) in [4.78, 5) is 36.2. The van der Waals surface area contributed by atoms with E-state index in [4.69, 9.17) is 9.72 Å². The number of carbonyl (C=O) groups is 2. The Morgan fingerprint density at radius 3 is 2.62 bits per heavy atom. The topological polar surface area (TPSA) is 66.0 Å². The molecule has 7 nitrogen and oxygen atoms in total. The van der Waals surface area contributed by atoms with Gasteiger partial charge in [0, 0.05) is 31.7 Å². The first-order valence-electron chi connectivity index (χ1n) is 10.9. The highest BCUT2D eigenvalue weighted by Crippen LogP contribution is 2.34. The van der Waals surface area contributed by atoms with Crippen LogP contribution in [0.5, 0.6) is 5.75 Å². The predicted octanol–water partition coefficient (Wildman–Crippen LogP) is 4.20. The minimum atomic E-state index is -0.490. The number of nitrogens with zero attached hydrogens (tertiary/aromatic N) is 4. The van der Waals surface area contributed by atoms with E-state index in [0.717, 1.165) is 16.0 Å². The third-order valence-corrected chi connectivity index (χ3v) is 6.58. The SMILES string of the molecule is CCOc1ccc2nc(N(CCN(C)C)C(=O)C3CC(=O)N(c4ccc(F)cc4)C3)sc2c1.Cl. The molecule has 1 fully saturated rings. The number of hydrogen-bond donors (Lipinski definition) is 0. The molecule has 34 heavy (non-hydrogen) atoms. The second kappa shape index (κ2) is 11.1. The van der Waals surface area contributed by atoms with Gasteiger partial charge in [-0.1, -0.05) is 11.3 Å². The van der Waals surface area contributed by atoms with Crippen molar-refractivity contribution in [2.75, 3.05) is 50.1 Å². The summed E-state index contributed by atoms with van der Waals surface area (Å²) in [5.74, 6) is -0.355. The maximum Gasteiger partial charge on any atom is 0.234 e. The first-order chi connectivity index (χ1) is 15.9. The monoisotopic (exact) mass is 506 g/mol. The van der Waals surface area contributed by atoms with Gasteiger partial charge in [-0.2, -0.15) is 0 Å². The molecule has 2 amide bonds. The Bertz CT molecular complexity index is 1150. The van der Waals surface area contributed by atoms with Gasteiger partial charge in [-0.15, -0.1) is 12.4 Å². The fraction of sp³-hybridized carbons (Fsp3) is 0.375. The lowest BCUT2D eigenvalue weighted by atomic mass is 10.1. The number of anilines is 2. The molecule has 0 radical (unpaired) electrons. The molecule has 0 aliphatic carbocycles. The molecule has 4 rings (SSSR count). The summed E-state index contributed by atoms with van der Waals surface area (Å²) < 4.78 is 19.8. The molecule has 1 unspecified atom stereocenters. The highest BCUT2D eigenvalue weighted by molar-refractivity contribution is 7.22. The van der Waals surface area contributed by atoms with Crippen molar-refractivity contribution in [2.24, 2.45) is 5.92 Å². The van der Waals surface area contributed by atoms with E-state index < -0.39 is 5.92 Å². The number of benzene rings is 2. The summed E-state index contributed by atoms with van der Waals surface area (Å²) in [5.41, 5.74) is 1.40. The zero-order chi connectivity index (χ0) is 23.5. The molecule has 1 aromatic heterocycles. The Morgan fingerprint density at radius 2 is 1.94 bits per heavy atom. The second-order valence-corrected chi connectivity index (χ2v) is 9.24. The largest absolute Gasteiger partial charge is 0.494 e. The van der Waals surface area contributed by atoms with Crippen molar-refractivity contribution in [2.45, 2.75) is 13.3 Å². The fourth-order valence-corrected chi connectivity index (χ4v) is 4.85. The van der Waals surface area contributed by atoms with Gasteiger partial charge < -0.3 is 14.5 Å². The van der Waals surface area contributed by atoms with Crippen LogP contribution < -0.4 is 14.5 Å². The van der Waals surface area contributed by atoms with Crippen LogP contribution in [0.2, 0.25) is 0 Å². The Balaban J connectivity index is 0.00000324. The van der Waals surface area contributed by atoms with Crippen LogP contribution in [0.3, 0.4) is 0 Å². The number of thiazole rings is 1. The van der Waals surface area contributed by atoms with Crippen LogP contribution in [0.25, 0.3) is 10.2 Å². The van der Waals surface area contributed by atoms with Crippen LogP contribution in [0.4, 0.5) is 15.2 Å². The van der Waals surface area contributed by atoms with Crippen LogP contribution in [-0.4, -0.2) is 62.0 Å². The molecule has 1 aliphatic heterocycles. The number of carbonyl (C=O) groups excluding carboxylic acids is 2. The maximum absolute atomic E-state index is 13.6. The standard InChI is InChI=1S/C24H27FN4O3S.ClH/c1-4-32-19-9-10-20-21(14-19)33-24(26-20)28(12-11-27(2)3)23(31)16-13-22(30)29(15-16)18-7-5-17(25)6-8-18;/h5-10,14,16H,4,11-13,15H2,1-3H3;1H. The summed E-state index contributed by atoms with van der Waals surface area (Å²) >= 11 is 1.44. The van der Waals surface area contributed by atoms with Crippen molar-refractivity contribution >= 4 is 56.6 Å². The summed E-state index contributed by atoms with van der Waals surface area (Å²) in [6, 6.07) is 11.5. The Labute approximate surface area is 208 Å². The van der Waals surface area contributed by atoms with E-state index >= 15 is 0 Å². The molecule has 1 saturated heterocycles. The normalized spacial score (nSPS) is 15.6. The molecule has 1 atom stereocenters. The van der Waals surface area contributed by atoms with Crippen molar-refractivity contribution in [3.05, 3.63) is 48.3 Å². The van der Waals surface area contributed by atoms with E-state index in [9.17, 15) is 14.0 Å². The lowest BCUT2D eigenvalue weighted by Crippen LogP contribution is -2.41. The van der Waals surface area contributed by atoms with Gasteiger partial charge in [0.2, 0.25) is 11.8 Å². The van der Waals surface area contributed by atoms with Crippen molar-refractivity contribution in [1.82, 2.24) is 9.88 Å². The number of aromatic nitrogens is 1. The minimum Gasteiger partial charge on any atom is -0.494 e. The third-order valence-electron chi connectivity index (χ3n) is 5.54. The van der Waals surface area contributed by atoms with Crippen molar-refractivity contribution in [3.63, 3.8) is 0 Å². The average Bonchev–Trinajstić information content (AvgIpc) is 3.37. The smallest absolute Gasteiger partial charge is 0.234 e. The number of halogens is 2. The van der Waals surface area contributed by atoms with Gasteiger partial charge in [0.1, 0.15) is 11.6 Å². The third kappa shape index (κ3) is 5.65. The highest BCUT2D eigenvalue weighted by atomic mass is 35.5. The minimum absolute atomic E-state index is 0. The lowest BCUT2D eigenvalue weighted by molar-refractivity contribution is -0.124. The van der Waals surface area contributed by atoms with E-state index in [1.54, 1.807) is 21.9 Å². The number of hydrogen-bond acceptors (Lipinski definition) is 6. The molecule has 1 aliphatic rings. The van der Waals surface area contributed by atoms with E-state index in [1.165, 1.54) is 23.5 Å².